The molecule has 6 heteroatoms. The molecule has 116 valence electrons. The number of primary amides is 1. The molecule has 21 heavy (non-hydrogen) atoms. The van der Waals surface area contributed by atoms with Crippen LogP contribution < -0.4 is 16.0 Å². The molecule has 1 aromatic rings. The number of carbonyl (C=O) groups is 1. The van der Waals surface area contributed by atoms with Crippen molar-refractivity contribution in [3.8, 4) is 0 Å². The van der Waals surface area contributed by atoms with Gasteiger partial charge in [0.25, 0.3) is 0 Å². The highest BCUT2D eigenvalue weighted by Gasteiger charge is 2.28. The summed E-state index contributed by atoms with van der Waals surface area (Å²) in [5.74, 6) is -0.294. The molecule has 0 spiro atoms. The number of nitrogens with zero attached hydrogens (tertiary/aromatic N) is 1. The fraction of sp³-hybridized carbons (Fsp3) is 0.533. The molecule has 1 heterocycles. The van der Waals surface area contributed by atoms with E-state index in [0.29, 0.717) is 19.7 Å². The summed E-state index contributed by atoms with van der Waals surface area (Å²) < 4.78 is 5.02. The minimum Gasteiger partial charge on any atom is -0.383 e. The second-order valence-electron chi connectivity index (χ2n) is 5.24. The van der Waals surface area contributed by atoms with Gasteiger partial charge in [-0.05, 0) is 18.6 Å². The van der Waals surface area contributed by atoms with Crippen molar-refractivity contribution in [3.63, 3.8) is 0 Å². The van der Waals surface area contributed by atoms with E-state index in [1.54, 1.807) is 7.11 Å². The molecule has 2 rings (SSSR count). The van der Waals surface area contributed by atoms with E-state index in [4.69, 9.17) is 22.1 Å². The van der Waals surface area contributed by atoms with Gasteiger partial charge >= 0.3 is 0 Å². The Bertz CT molecular complexity index is 496. The molecular formula is C15H22ClN3O2. The molecule has 1 saturated heterocycles. The number of hydrogen-bond donors (Lipinski definition) is 2. The van der Waals surface area contributed by atoms with Gasteiger partial charge in [-0.3, -0.25) is 4.79 Å². The predicted molar refractivity (Wildman–Crippen MR) is 84.5 cm³/mol. The largest absolute Gasteiger partial charge is 0.383 e. The van der Waals surface area contributed by atoms with Crippen LogP contribution in [0.4, 0.5) is 5.69 Å². The third-order valence-electron chi connectivity index (χ3n) is 3.81. The summed E-state index contributed by atoms with van der Waals surface area (Å²) in [6.07, 6.45) is 0.804. The molecule has 1 amide bonds. The van der Waals surface area contributed by atoms with Crippen LogP contribution in [0.15, 0.2) is 18.2 Å². The van der Waals surface area contributed by atoms with Crippen LogP contribution in [0.2, 0.25) is 5.02 Å². The minimum absolute atomic E-state index is 0.0710. The van der Waals surface area contributed by atoms with Crippen LogP contribution in [-0.4, -0.2) is 39.3 Å². The van der Waals surface area contributed by atoms with Crippen molar-refractivity contribution >= 4 is 23.2 Å². The number of benzene rings is 1. The highest BCUT2D eigenvalue weighted by molar-refractivity contribution is 6.31. The Morgan fingerprint density at radius 1 is 1.57 bits per heavy atom. The molecule has 5 nitrogen and oxygen atoms in total. The fourth-order valence-electron chi connectivity index (χ4n) is 2.62. The lowest BCUT2D eigenvalue weighted by Crippen LogP contribution is -2.28. The monoisotopic (exact) mass is 311 g/mol. The van der Waals surface area contributed by atoms with Gasteiger partial charge in [0.2, 0.25) is 5.91 Å². The lowest BCUT2D eigenvalue weighted by atomic mass is 10.1. The summed E-state index contributed by atoms with van der Waals surface area (Å²) in [6.45, 7) is 3.61. The van der Waals surface area contributed by atoms with Gasteiger partial charge in [-0.15, -0.1) is 0 Å². The van der Waals surface area contributed by atoms with Crippen LogP contribution in [0.25, 0.3) is 0 Å². The molecule has 3 N–H and O–H groups in total. The quantitative estimate of drug-likeness (QED) is 0.747. The lowest BCUT2D eigenvalue weighted by molar-refractivity contribution is -0.121. The number of halogens is 1. The van der Waals surface area contributed by atoms with Gasteiger partial charge in [0, 0.05) is 49.6 Å². The first kappa shape index (κ1) is 16.1. The van der Waals surface area contributed by atoms with Gasteiger partial charge in [0.15, 0.2) is 0 Å². The standard InChI is InChI=1S/C15H22ClN3O2/c1-21-8-6-18-9-12-13(16)3-2-4-14(12)19-7-5-11(10-19)15(17)20/h2-4,11,18H,5-10H2,1H3,(H2,17,20). The Morgan fingerprint density at radius 3 is 3.05 bits per heavy atom. The van der Waals surface area contributed by atoms with Crippen molar-refractivity contribution in [2.75, 3.05) is 38.3 Å². The van der Waals surface area contributed by atoms with Crippen molar-refractivity contribution in [2.45, 2.75) is 13.0 Å². The van der Waals surface area contributed by atoms with Crippen molar-refractivity contribution in [1.29, 1.82) is 0 Å². The third kappa shape index (κ3) is 4.09. The van der Waals surface area contributed by atoms with Crippen LogP contribution in [-0.2, 0) is 16.1 Å². The zero-order chi connectivity index (χ0) is 15.2. The van der Waals surface area contributed by atoms with Crippen LogP contribution in [0.5, 0.6) is 0 Å². The van der Waals surface area contributed by atoms with Crippen molar-refractivity contribution in [3.05, 3.63) is 28.8 Å². The molecule has 1 aliphatic rings. The molecule has 1 atom stereocenters. The summed E-state index contributed by atoms with van der Waals surface area (Å²) >= 11 is 6.33. The minimum atomic E-state index is -0.223. The Kier molecular flexibility index (Phi) is 5.85. The molecule has 1 unspecified atom stereocenters. The van der Waals surface area contributed by atoms with Gasteiger partial charge in [-0.1, -0.05) is 17.7 Å². The van der Waals surface area contributed by atoms with E-state index in [0.717, 1.165) is 35.8 Å². The van der Waals surface area contributed by atoms with Gasteiger partial charge in [-0.25, -0.2) is 0 Å². The second kappa shape index (κ2) is 7.64. The fourth-order valence-corrected chi connectivity index (χ4v) is 2.85. The zero-order valence-electron chi connectivity index (χ0n) is 12.3. The molecule has 1 aromatic carbocycles. The van der Waals surface area contributed by atoms with E-state index in [1.807, 2.05) is 18.2 Å². The zero-order valence-corrected chi connectivity index (χ0v) is 13.0. The van der Waals surface area contributed by atoms with E-state index in [1.165, 1.54) is 0 Å². The maximum Gasteiger partial charge on any atom is 0.222 e. The molecule has 0 aromatic heterocycles. The first-order chi connectivity index (χ1) is 10.1. The number of methoxy groups -OCH3 is 1. The SMILES string of the molecule is COCCNCc1c(Cl)cccc1N1CCC(C(N)=O)C1. The van der Waals surface area contributed by atoms with Crippen LogP contribution in [0.3, 0.4) is 0 Å². The molecule has 0 saturated carbocycles. The van der Waals surface area contributed by atoms with E-state index >= 15 is 0 Å². The number of ether oxygens (including phenoxy) is 1. The number of anilines is 1. The first-order valence-corrected chi connectivity index (χ1v) is 7.52. The van der Waals surface area contributed by atoms with Crippen molar-refractivity contribution in [2.24, 2.45) is 11.7 Å². The maximum atomic E-state index is 11.3. The summed E-state index contributed by atoms with van der Waals surface area (Å²) in [7, 11) is 1.68. The highest BCUT2D eigenvalue weighted by atomic mass is 35.5. The number of rotatable bonds is 7. The number of carbonyl (C=O) groups excluding carboxylic acids is 1. The highest BCUT2D eigenvalue weighted by Crippen LogP contribution is 2.31. The number of nitrogens with two attached hydrogens (primary N) is 1. The smallest absolute Gasteiger partial charge is 0.222 e. The normalized spacial score (nSPS) is 18.2. The molecule has 1 fully saturated rings. The number of nitrogens with one attached hydrogen (secondary N) is 1. The summed E-state index contributed by atoms with van der Waals surface area (Å²) in [6, 6.07) is 5.87. The Morgan fingerprint density at radius 2 is 2.38 bits per heavy atom. The topological polar surface area (TPSA) is 67.6 Å². The Balaban J connectivity index is 2.08. The molecular weight excluding hydrogens is 290 g/mol. The summed E-state index contributed by atoms with van der Waals surface area (Å²) in [4.78, 5) is 13.5. The average Bonchev–Trinajstić information content (AvgIpc) is 2.94. The van der Waals surface area contributed by atoms with Gasteiger partial charge in [-0.2, -0.15) is 0 Å². The Labute approximate surface area is 130 Å². The maximum absolute atomic E-state index is 11.3. The molecule has 0 bridgehead atoms. The molecule has 0 radical (unpaired) electrons. The van der Waals surface area contributed by atoms with E-state index in [-0.39, 0.29) is 11.8 Å². The van der Waals surface area contributed by atoms with Gasteiger partial charge in [0.1, 0.15) is 0 Å². The van der Waals surface area contributed by atoms with Crippen LogP contribution in [0.1, 0.15) is 12.0 Å². The van der Waals surface area contributed by atoms with Gasteiger partial charge in [0.05, 0.1) is 12.5 Å². The van der Waals surface area contributed by atoms with Crippen molar-refractivity contribution in [1.82, 2.24) is 5.32 Å². The Hall–Kier alpha value is -1.30. The lowest BCUT2D eigenvalue weighted by Gasteiger charge is -2.23. The molecule has 1 aliphatic heterocycles. The molecule has 0 aliphatic carbocycles. The second-order valence-corrected chi connectivity index (χ2v) is 5.65. The average molecular weight is 312 g/mol. The van der Waals surface area contributed by atoms with E-state index in [2.05, 4.69) is 10.2 Å². The summed E-state index contributed by atoms with van der Waals surface area (Å²) in [5.41, 5.74) is 7.54. The number of amides is 1. The summed E-state index contributed by atoms with van der Waals surface area (Å²) in [5, 5.41) is 4.05. The number of hydrogen-bond acceptors (Lipinski definition) is 4. The van der Waals surface area contributed by atoms with E-state index in [9.17, 15) is 4.79 Å². The third-order valence-corrected chi connectivity index (χ3v) is 4.16. The van der Waals surface area contributed by atoms with Gasteiger partial charge < -0.3 is 20.7 Å². The van der Waals surface area contributed by atoms with Crippen LogP contribution >= 0.6 is 11.6 Å². The van der Waals surface area contributed by atoms with Crippen molar-refractivity contribution < 1.29 is 9.53 Å². The van der Waals surface area contributed by atoms with E-state index < -0.39 is 0 Å². The predicted octanol–water partition coefficient (Wildman–Crippen LogP) is 1.39. The first-order valence-electron chi connectivity index (χ1n) is 7.14. The van der Waals surface area contributed by atoms with Crippen LogP contribution in [0, 0.1) is 5.92 Å².